The molecular formula is C12H23N3. The van der Waals surface area contributed by atoms with E-state index in [1.165, 1.54) is 36.9 Å². The third kappa shape index (κ3) is 2.52. The Labute approximate surface area is 92.7 Å². The molecule has 1 aromatic rings. The molecule has 15 heavy (non-hydrogen) atoms. The lowest BCUT2D eigenvalue weighted by molar-refractivity contribution is 0.537. The van der Waals surface area contributed by atoms with Gasteiger partial charge in [0.2, 0.25) is 0 Å². The van der Waals surface area contributed by atoms with Crippen molar-refractivity contribution in [3.8, 4) is 0 Å². The van der Waals surface area contributed by atoms with Gasteiger partial charge in [-0.2, -0.15) is 5.10 Å². The third-order valence-corrected chi connectivity index (χ3v) is 3.04. The third-order valence-electron chi connectivity index (χ3n) is 3.04. The number of nitrogen functional groups attached to an aromatic ring is 1. The van der Waals surface area contributed by atoms with Crippen molar-refractivity contribution in [1.29, 1.82) is 0 Å². The van der Waals surface area contributed by atoms with Gasteiger partial charge in [0.25, 0.3) is 0 Å². The van der Waals surface area contributed by atoms with Crippen LogP contribution >= 0.6 is 0 Å². The van der Waals surface area contributed by atoms with Crippen LogP contribution in [0.4, 0.5) is 5.82 Å². The maximum absolute atomic E-state index is 5.93. The van der Waals surface area contributed by atoms with E-state index in [-0.39, 0.29) is 0 Å². The molecular weight excluding hydrogens is 186 g/mol. The molecule has 0 unspecified atom stereocenters. The van der Waals surface area contributed by atoms with Gasteiger partial charge in [-0.3, -0.25) is 4.68 Å². The van der Waals surface area contributed by atoms with Gasteiger partial charge in [-0.25, -0.2) is 0 Å². The minimum atomic E-state index is 0.587. The average molecular weight is 209 g/mol. The number of hydrogen-bond donors (Lipinski definition) is 1. The van der Waals surface area contributed by atoms with Crippen molar-refractivity contribution in [2.24, 2.45) is 7.05 Å². The molecule has 0 spiro atoms. The first-order valence-corrected chi connectivity index (χ1v) is 5.90. The van der Waals surface area contributed by atoms with Gasteiger partial charge in [-0.1, -0.05) is 26.7 Å². The van der Waals surface area contributed by atoms with Crippen LogP contribution in [0.5, 0.6) is 0 Å². The van der Waals surface area contributed by atoms with Gasteiger partial charge in [0, 0.05) is 18.5 Å². The largest absolute Gasteiger partial charge is 0.384 e. The van der Waals surface area contributed by atoms with E-state index in [0.717, 1.165) is 5.82 Å². The molecule has 0 saturated carbocycles. The van der Waals surface area contributed by atoms with Crippen molar-refractivity contribution in [3.05, 3.63) is 11.3 Å². The summed E-state index contributed by atoms with van der Waals surface area (Å²) in [6.07, 6.45) is 4.84. The van der Waals surface area contributed by atoms with E-state index in [1.54, 1.807) is 4.68 Å². The van der Waals surface area contributed by atoms with Gasteiger partial charge < -0.3 is 5.73 Å². The molecule has 0 aliphatic rings. The fourth-order valence-corrected chi connectivity index (χ4v) is 2.17. The Hall–Kier alpha value is -0.990. The first-order valence-electron chi connectivity index (χ1n) is 5.90. The van der Waals surface area contributed by atoms with E-state index >= 15 is 0 Å². The van der Waals surface area contributed by atoms with E-state index in [0.29, 0.717) is 5.92 Å². The first-order chi connectivity index (χ1) is 7.11. The van der Waals surface area contributed by atoms with Crippen molar-refractivity contribution >= 4 is 5.82 Å². The minimum absolute atomic E-state index is 0.587. The summed E-state index contributed by atoms with van der Waals surface area (Å²) in [6.45, 7) is 6.53. The molecule has 0 fully saturated rings. The van der Waals surface area contributed by atoms with Crippen molar-refractivity contribution in [2.75, 3.05) is 5.73 Å². The van der Waals surface area contributed by atoms with Gasteiger partial charge in [0.1, 0.15) is 5.82 Å². The minimum Gasteiger partial charge on any atom is -0.384 e. The predicted octanol–water partition coefficient (Wildman–Crippen LogP) is 2.99. The molecule has 0 radical (unpaired) electrons. The summed E-state index contributed by atoms with van der Waals surface area (Å²) in [5.74, 6) is 1.39. The van der Waals surface area contributed by atoms with Gasteiger partial charge in [-0.05, 0) is 19.8 Å². The summed E-state index contributed by atoms with van der Waals surface area (Å²) in [4.78, 5) is 0. The molecule has 0 aromatic carbocycles. The Balaban J connectivity index is 2.94. The number of aromatic nitrogens is 2. The van der Waals surface area contributed by atoms with Crippen molar-refractivity contribution in [1.82, 2.24) is 9.78 Å². The number of aryl methyl sites for hydroxylation is 1. The van der Waals surface area contributed by atoms with E-state index in [9.17, 15) is 0 Å². The summed E-state index contributed by atoms with van der Waals surface area (Å²) in [5.41, 5.74) is 8.31. The lowest BCUT2D eigenvalue weighted by Gasteiger charge is -2.13. The maximum Gasteiger partial charge on any atom is 0.124 e. The highest BCUT2D eigenvalue weighted by Crippen LogP contribution is 2.29. The SMILES string of the molecule is CCCC(CCC)c1nn(C)c(N)c1C. The summed E-state index contributed by atoms with van der Waals surface area (Å²) in [7, 11) is 1.92. The Morgan fingerprint density at radius 1 is 1.27 bits per heavy atom. The van der Waals surface area contributed by atoms with Crippen LogP contribution in [-0.2, 0) is 7.05 Å². The van der Waals surface area contributed by atoms with Crippen LogP contribution in [0, 0.1) is 6.92 Å². The van der Waals surface area contributed by atoms with E-state index < -0.39 is 0 Å². The second-order valence-electron chi connectivity index (χ2n) is 4.29. The molecule has 3 heteroatoms. The van der Waals surface area contributed by atoms with Crippen LogP contribution in [-0.4, -0.2) is 9.78 Å². The number of nitrogens with two attached hydrogens (primary N) is 1. The summed E-state index contributed by atoms with van der Waals surface area (Å²) < 4.78 is 1.79. The highest BCUT2D eigenvalue weighted by molar-refractivity contribution is 5.43. The fourth-order valence-electron chi connectivity index (χ4n) is 2.17. The Morgan fingerprint density at radius 2 is 1.80 bits per heavy atom. The van der Waals surface area contributed by atoms with Crippen molar-refractivity contribution < 1.29 is 0 Å². The molecule has 86 valence electrons. The second-order valence-corrected chi connectivity index (χ2v) is 4.29. The number of hydrogen-bond acceptors (Lipinski definition) is 2. The van der Waals surface area contributed by atoms with E-state index in [2.05, 4.69) is 25.9 Å². The number of anilines is 1. The Kier molecular flexibility index (Phi) is 4.18. The Bertz CT molecular complexity index is 309. The number of rotatable bonds is 5. The van der Waals surface area contributed by atoms with E-state index in [1.807, 2.05) is 7.05 Å². The molecule has 0 aliphatic heterocycles. The molecule has 1 heterocycles. The Morgan fingerprint density at radius 3 is 2.13 bits per heavy atom. The molecule has 1 aromatic heterocycles. The predicted molar refractivity (Wildman–Crippen MR) is 64.9 cm³/mol. The van der Waals surface area contributed by atoms with Crippen LogP contribution in [0.1, 0.15) is 56.7 Å². The van der Waals surface area contributed by atoms with Crippen LogP contribution in [0.3, 0.4) is 0 Å². The zero-order valence-corrected chi connectivity index (χ0v) is 10.4. The molecule has 2 N–H and O–H groups in total. The summed E-state index contributed by atoms with van der Waals surface area (Å²) >= 11 is 0. The second kappa shape index (κ2) is 5.19. The van der Waals surface area contributed by atoms with Crippen LogP contribution in [0.25, 0.3) is 0 Å². The fraction of sp³-hybridized carbons (Fsp3) is 0.750. The van der Waals surface area contributed by atoms with E-state index in [4.69, 9.17) is 5.73 Å². The highest BCUT2D eigenvalue weighted by atomic mass is 15.3. The molecule has 0 saturated heterocycles. The van der Waals surface area contributed by atoms with Gasteiger partial charge in [0.05, 0.1) is 5.69 Å². The van der Waals surface area contributed by atoms with Gasteiger partial charge in [-0.15, -0.1) is 0 Å². The smallest absolute Gasteiger partial charge is 0.124 e. The standard InChI is InChI=1S/C12H23N3/c1-5-7-10(8-6-2)11-9(3)12(13)15(4)14-11/h10H,5-8,13H2,1-4H3. The molecule has 3 nitrogen and oxygen atoms in total. The normalized spacial score (nSPS) is 11.3. The molecule has 1 rings (SSSR count). The summed E-state index contributed by atoms with van der Waals surface area (Å²) in [5, 5.41) is 4.54. The van der Waals surface area contributed by atoms with Crippen LogP contribution < -0.4 is 5.73 Å². The molecule has 0 amide bonds. The van der Waals surface area contributed by atoms with Crippen molar-refractivity contribution in [2.45, 2.75) is 52.4 Å². The zero-order chi connectivity index (χ0) is 11.4. The average Bonchev–Trinajstić information content (AvgIpc) is 2.46. The van der Waals surface area contributed by atoms with Gasteiger partial charge in [0.15, 0.2) is 0 Å². The first kappa shape index (κ1) is 12.1. The topological polar surface area (TPSA) is 43.8 Å². The summed E-state index contributed by atoms with van der Waals surface area (Å²) in [6, 6.07) is 0. The van der Waals surface area contributed by atoms with Crippen molar-refractivity contribution in [3.63, 3.8) is 0 Å². The molecule has 0 aliphatic carbocycles. The quantitative estimate of drug-likeness (QED) is 0.810. The number of nitrogens with zero attached hydrogens (tertiary/aromatic N) is 2. The maximum atomic E-state index is 5.93. The van der Waals surface area contributed by atoms with Crippen LogP contribution in [0.15, 0.2) is 0 Å². The highest BCUT2D eigenvalue weighted by Gasteiger charge is 2.18. The van der Waals surface area contributed by atoms with Gasteiger partial charge >= 0.3 is 0 Å². The molecule has 0 bridgehead atoms. The lowest BCUT2D eigenvalue weighted by atomic mass is 9.93. The molecule has 0 atom stereocenters. The van der Waals surface area contributed by atoms with Crippen LogP contribution in [0.2, 0.25) is 0 Å². The monoisotopic (exact) mass is 209 g/mol. The zero-order valence-electron chi connectivity index (χ0n) is 10.4. The lowest BCUT2D eigenvalue weighted by Crippen LogP contribution is -2.02.